The quantitative estimate of drug-likeness (QED) is 0.0272. The van der Waals surface area contributed by atoms with Crippen LogP contribution in [0.2, 0.25) is 0 Å². The molecule has 18 nitrogen and oxygen atoms in total. The lowest BCUT2D eigenvalue weighted by molar-refractivity contribution is -0.0289. The zero-order valence-corrected chi connectivity index (χ0v) is 46.6. The molecule has 430 valence electrons. The Hall–Kier alpha value is -5.00. The third-order valence-electron chi connectivity index (χ3n) is 11.8. The van der Waals surface area contributed by atoms with Gasteiger partial charge in [0.15, 0.2) is 23.1 Å². The summed E-state index contributed by atoms with van der Waals surface area (Å²) in [7, 11) is 0. The number of carbonyl (C=O) groups excluding carboxylic acids is 4. The van der Waals surface area contributed by atoms with E-state index in [2.05, 4.69) is 0 Å². The Kier molecular flexibility index (Phi) is 27.7. The lowest BCUT2D eigenvalue weighted by Gasteiger charge is -2.21. The Morgan fingerprint density at radius 3 is 0.564 bits per heavy atom. The van der Waals surface area contributed by atoms with Gasteiger partial charge in [0.1, 0.15) is 34.6 Å². The molecule has 4 aromatic carbocycles. The molecule has 78 heavy (non-hydrogen) atoms. The molecule has 0 saturated carbocycles. The summed E-state index contributed by atoms with van der Waals surface area (Å²) in [6.45, 7) is 18.1. The Balaban J connectivity index is 0.970. The molecule has 4 N–H and O–H groups in total. The van der Waals surface area contributed by atoms with Crippen LogP contribution in [0, 0.1) is 0 Å². The van der Waals surface area contributed by atoms with Crippen LogP contribution >= 0.6 is 0 Å². The highest BCUT2D eigenvalue weighted by Gasteiger charge is 2.29. The minimum Gasteiger partial charge on any atom is -0.382 e. The van der Waals surface area contributed by atoms with Crippen molar-refractivity contribution < 1.29 is 87.0 Å². The fourth-order valence-corrected chi connectivity index (χ4v) is 7.51. The smallest absolute Gasteiger partial charge is 0.193 e. The summed E-state index contributed by atoms with van der Waals surface area (Å²) in [4.78, 5) is 50.3. The van der Waals surface area contributed by atoms with Crippen LogP contribution < -0.4 is 0 Å². The normalized spacial score (nSPS) is 12.4. The molecule has 4 aromatic rings. The SMILES string of the molecule is CC(C)(O)C(=O)c1ccc(C(OCCOCCOCCOCCOCCOCCOCCOCCOCCOC(c2ccc(C(=O)C(C)(C)O)cc2)c2ccc(C(=O)C(C)(C)O)cc2)c2ccc(C(=O)C(C)(C)O)cc2)cc1. The second kappa shape index (κ2) is 32.9. The van der Waals surface area contributed by atoms with Crippen molar-refractivity contribution in [2.24, 2.45) is 0 Å². The number of rotatable bonds is 41. The van der Waals surface area contributed by atoms with Gasteiger partial charge >= 0.3 is 0 Å². The van der Waals surface area contributed by atoms with Crippen LogP contribution in [0.4, 0.5) is 0 Å². The fourth-order valence-electron chi connectivity index (χ4n) is 7.51. The van der Waals surface area contributed by atoms with Crippen LogP contribution in [0.15, 0.2) is 97.1 Å². The van der Waals surface area contributed by atoms with Crippen molar-refractivity contribution in [2.75, 3.05) is 119 Å². The highest BCUT2D eigenvalue weighted by molar-refractivity contribution is 6.03. The number of Topliss-reactive ketones (excluding diaryl/α,β-unsaturated/α-hetero) is 4. The van der Waals surface area contributed by atoms with Crippen molar-refractivity contribution in [2.45, 2.75) is 90.0 Å². The summed E-state index contributed by atoms with van der Waals surface area (Å²) in [5.41, 5.74) is -1.51. The largest absolute Gasteiger partial charge is 0.382 e. The second-order valence-corrected chi connectivity index (χ2v) is 20.4. The van der Waals surface area contributed by atoms with Gasteiger partial charge in [-0.1, -0.05) is 97.1 Å². The van der Waals surface area contributed by atoms with Crippen LogP contribution in [0.3, 0.4) is 0 Å². The van der Waals surface area contributed by atoms with Crippen molar-refractivity contribution in [3.05, 3.63) is 142 Å². The van der Waals surface area contributed by atoms with E-state index in [0.717, 1.165) is 22.3 Å². The van der Waals surface area contributed by atoms with Crippen molar-refractivity contribution in [3.63, 3.8) is 0 Å². The molecule has 0 radical (unpaired) electrons. The standard InChI is InChI=1S/C60H82O18/c1-57(2,65)53(61)47-17-9-43(10-18-47)51(44-11-19-48(20-12-44)54(62)58(3,4)66)77-41-39-75-37-35-73-33-31-71-29-27-69-25-26-70-28-30-72-32-34-74-36-38-76-40-42-78-52(45-13-21-49(22-14-45)55(63)59(5,6)67)46-15-23-50(24-16-46)56(64)60(7,8)68/h9-24,51-52,65-68H,25-42H2,1-8H3. The van der Waals surface area contributed by atoms with Crippen LogP contribution in [0.25, 0.3) is 0 Å². The van der Waals surface area contributed by atoms with Crippen LogP contribution in [-0.4, -0.2) is 185 Å². The number of benzene rings is 4. The molecule has 0 amide bonds. The first-order chi connectivity index (χ1) is 37.0. The van der Waals surface area contributed by atoms with Crippen LogP contribution in [0.5, 0.6) is 0 Å². The lowest BCUT2D eigenvalue weighted by Crippen LogP contribution is -2.31. The molecule has 0 aliphatic heterocycles. The fraction of sp³-hybridized carbons (Fsp3) is 0.533. The number of hydrogen-bond donors (Lipinski definition) is 4. The first kappa shape index (κ1) is 65.5. The predicted molar refractivity (Wildman–Crippen MR) is 290 cm³/mol. The number of carbonyl (C=O) groups is 4. The monoisotopic (exact) mass is 1090 g/mol. The Labute approximate surface area is 459 Å². The van der Waals surface area contributed by atoms with E-state index in [1.165, 1.54) is 55.4 Å². The topological polar surface area (TPSA) is 241 Å². The lowest BCUT2D eigenvalue weighted by atomic mass is 9.92. The molecule has 0 aromatic heterocycles. The zero-order valence-electron chi connectivity index (χ0n) is 46.6. The van der Waals surface area contributed by atoms with Crippen molar-refractivity contribution in [1.82, 2.24) is 0 Å². The maximum atomic E-state index is 12.6. The van der Waals surface area contributed by atoms with Gasteiger partial charge in [0, 0.05) is 22.3 Å². The first-order valence-electron chi connectivity index (χ1n) is 26.3. The van der Waals surface area contributed by atoms with E-state index in [1.807, 2.05) is 0 Å². The molecule has 0 atom stereocenters. The molecule has 0 saturated heterocycles. The Bertz CT molecular complexity index is 2070. The van der Waals surface area contributed by atoms with Gasteiger partial charge in [-0.25, -0.2) is 0 Å². The highest BCUT2D eigenvalue weighted by atomic mass is 16.6. The van der Waals surface area contributed by atoms with Crippen LogP contribution in [-0.2, 0) is 47.4 Å². The third-order valence-corrected chi connectivity index (χ3v) is 11.8. The third kappa shape index (κ3) is 23.4. The zero-order chi connectivity index (χ0) is 57.2. The number of ketones is 4. The summed E-state index contributed by atoms with van der Waals surface area (Å²) in [6.07, 6.45) is -1.08. The average molecular weight is 1090 g/mol. The van der Waals surface area contributed by atoms with Gasteiger partial charge < -0.3 is 67.8 Å². The number of ether oxygens (including phenoxy) is 10. The van der Waals surface area contributed by atoms with E-state index in [0.29, 0.717) is 128 Å². The van der Waals surface area contributed by atoms with Crippen molar-refractivity contribution in [1.29, 1.82) is 0 Å². The Morgan fingerprint density at radius 1 is 0.282 bits per heavy atom. The average Bonchev–Trinajstić information content (AvgIpc) is 3.41. The maximum Gasteiger partial charge on any atom is 0.193 e. The molecule has 0 fully saturated rings. The van der Waals surface area contributed by atoms with Gasteiger partial charge in [0.25, 0.3) is 0 Å². The van der Waals surface area contributed by atoms with E-state index in [4.69, 9.17) is 47.4 Å². The van der Waals surface area contributed by atoms with Gasteiger partial charge in [-0.05, 0) is 77.6 Å². The van der Waals surface area contributed by atoms with E-state index in [1.54, 1.807) is 97.1 Å². The summed E-state index contributed by atoms with van der Waals surface area (Å²) in [5.74, 6) is -1.60. The van der Waals surface area contributed by atoms with Gasteiger partial charge in [-0.15, -0.1) is 0 Å². The molecule has 0 spiro atoms. The number of aliphatic hydroxyl groups is 4. The summed E-state index contributed by atoms with van der Waals surface area (Å²) >= 11 is 0. The minimum atomic E-state index is -1.51. The second-order valence-electron chi connectivity index (χ2n) is 20.4. The van der Waals surface area contributed by atoms with E-state index >= 15 is 0 Å². The molecule has 4 rings (SSSR count). The highest BCUT2D eigenvalue weighted by Crippen LogP contribution is 2.30. The molecular formula is C60H82O18. The molecule has 0 aliphatic rings. The molecular weight excluding hydrogens is 1010 g/mol. The summed E-state index contributed by atoms with van der Waals surface area (Å²) in [5, 5.41) is 40.7. The van der Waals surface area contributed by atoms with Gasteiger partial charge in [-0.3, -0.25) is 19.2 Å². The molecule has 0 aliphatic carbocycles. The Morgan fingerprint density at radius 2 is 0.423 bits per heavy atom. The van der Waals surface area contributed by atoms with Gasteiger partial charge in [0.05, 0.1) is 119 Å². The molecule has 0 bridgehead atoms. The minimum absolute atomic E-state index is 0.245. The van der Waals surface area contributed by atoms with E-state index < -0.39 is 57.7 Å². The predicted octanol–water partition coefficient (Wildman–Crippen LogP) is 6.55. The molecule has 0 unspecified atom stereocenters. The molecule has 0 heterocycles. The van der Waals surface area contributed by atoms with Gasteiger partial charge in [-0.2, -0.15) is 0 Å². The maximum absolute atomic E-state index is 12.6. The van der Waals surface area contributed by atoms with E-state index in [-0.39, 0.29) is 13.2 Å². The van der Waals surface area contributed by atoms with Crippen molar-refractivity contribution >= 4 is 23.1 Å². The summed E-state index contributed by atoms with van der Waals surface area (Å²) in [6, 6.07) is 27.3. The summed E-state index contributed by atoms with van der Waals surface area (Å²) < 4.78 is 57.4. The van der Waals surface area contributed by atoms with Crippen LogP contribution in [0.1, 0.15) is 131 Å². The van der Waals surface area contributed by atoms with Gasteiger partial charge in [0.2, 0.25) is 0 Å². The van der Waals surface area contributed by atoms with E-state index in [9.17, 15) is 39.6 Å². The molecule has 18 heteroatoms. The van der Waals surface area contributed by atoms with Crippen molar-refractivity contribution in [3.8, 4) is 0 Å². The first-order valence-corrected chi connectivity index (χ1v) is 26.3. The number of hydrogen-bond acceptors (Lipinski definition) is 18.